The SMILES string of the molecule is c1ccc(-c2oc3ncnc(NCCN4CCSCC4)c3c2-c2ccccc2)cc1. The predicted octanol–water partition coefficient (Wildman–Crippen LogP) is 5.02. The summed E-state index contributed by atoms with van der Waals surface area (Å²) >= 11 is 2.04. The summed E-state index contributed by atoms with van der Waals surface area (Å²) in [5, 5.41) is 4.49. The van der Waals surface area contributed by atoms with E-state index in [0.717, 1.165) is 59.8 Å². The maximum atomic E-state index is 6.27. The first kappa shape index (κ1) is 19.2. The Bertz CT molecular complexity index is 1110. The summed E-state index contributed by atoms with van der Waals surface area (Å²) < 4.78 is 6.27. The van der Waals surface area contributed by atoms with Gasteiger partial charge in [-0.2, -0.15) is 11.8 Å². The van der Waals surface area contributed by atoms with Crippen LogP contribution in [-0.2, 0) is 0 Å². The molecular formula is C24H24N4OS. The van der Waals surface area contributed by atoms with E-state index in [4.69, 9.17) is 4.42 Å². The number of rotatable bonds is 6. The molecule has 1 fully saturated rings. The Labute approximate surface area is 180 Å². The van der Waals surface area contributed by atoms with Crippen molar-refractivity contribution in [3.8, 4) is 22.5 Å². The van der Waals surface area contributed by atoms with Crippen molar-refractivity contribution in [3.63, 3.8) is 0 Å². The van der Waals surface area contributed by atoms with Crippen LogP contribution in [0.2, 0.25) is 0 Å². The molecule has 3 heterocycles. The van der Waals surface area contributed by atoms with E-state index < -0.39 is 0 Å². The lowest BCUT2D eigenvalue weighted by molar-refractivity contribution is 0.314. The van der Waals surface area contributed by atoms with Gasteiger partial charge in [0.15, 0.2) is 0 Å². The fraction of sp³-hybridized carbons (Fsp3) is 0.250. The highest BCUT2D eigenvalue weighted by molar-refractivity contribution is 7.99. The second-order valence-electron chi connectivity index (χ2n) is 7.32. The summed E-state index contributed by atoms with van der Waals surface area (Å²) in [6.45, 7) is 4.17. The van der Waals surface area contributed by atoms with Gasteiger partial charge < -0.3 is 9.73 Å². The molecule has 2 aromatic carbocycles. The molecule has 6 heteroatoms. The van der Waals surface area contributed by atoms with Crippen molar-refractivity contribution < 1.29 is 4.42 Å². The number of aromatic nitrogens is 2. The summed E-state index contributed by atoms with van der Waals surface area (Å²) in [6, 6.07) is 20.6. The molecule has 1 N–H and O–H groups in total. The van der Waals surface area contributed by atoms with E-state index in [0.29, 0.717) is 5.71 Å². The van der Waals surface area contributed by atoms with Crippen LogP contribution in [0.3, 0.4) is 0 Å². The molecule has 0 saturated carbocycles. The average molecular weight is 417 g/mol. The first-order valence-electron chi connectivity index (χ1n) is 10.3. The van der Waals surface area contributed by atoms with Gasteiger partial charge in [-0.15, -0.1) is 0 Å². The summed E-state index contributed by atoms with van der Waals surface area (Å²) in [4.78, 5) is 11.5. The molecule has 1 saturated heterocycles. The number of fused-ring (bicyclic) bond motifs is 1. The number of nitrogens with one attached hydrogen (secondary N) is 1. The third-order valence-corrected chi connectivity index (χ3v) is 6.35. The first-order valence-corrected chi connectivity index (χ1v) is 11.5. The van der Waals surface area contributed by atoms with E-state index in [-0.39, 0.29) is 0 Å². The summed E-state index contributed by atoms with van der Waals surface area (Å²) in [7, 11) is 0. The minimum absolute atomic E-state index is 0.611. The summed E-state index contributed by atoms with van der Waals surface area (Å²) in [5.41, 5.74) is 3.78. The molecular weight excluding hydrogens is 392 g/mol. The summed E-state index contributed by atoms with van der Waals surface area (Å²) in [5.74, 6) is 4.10. The van der Waals surface area contributed by atoms with E-state index in [9.17, 15) is 0 Å². The first-order chi connectivity index (χ1) is 14.9. The normalized spacial score (nSPS) is 14.8. The van der Waals surface area contributed by atoms with Crippen molar-refractivity contribution in [1.29, 1.82) is 0 Å². The molecule has 0 aliphatic carbocycles. The van der Waals surface area contributed by atoms with Crippen molar-refractivity contribution in [2.75, 3.05) is 43.0 Å². The Kier molecular flexibility index (Phi) is 5.68. The van der Waals surface area contributed by atoms with Gasteiger partial charge >= 0.3 is 0 Å². The second kappa shape index (κ2) is 8.90. The quantitative estimate of drug-likeness (QED) is 0.476. The zero-order valence-electron chi connectivity index (χ0n) is 16.8. The van der Waals surface area contributed by atoms with E-state index in [1.54, 1.807) is 6.33 Å². The van der Waals surface area contributed by atoms with Crippen LogP contribution in [0.25, 0.3) is 33.6 Å². The Balaban J connectivity index is 1.54. The van der Waals surface area contributed by atoms with Gasteiger partial charge in [-0.3, -0.25) is 4.90 Å². The number of thioether (sulfide) groups is 1. The monoisotopic (exact) mass is 416 g/mol. The molecule has 0 atom stereocenters. The molecule has 30 heavy (non-hydrogen) atoms. The third-order valence-electron chi connectivity index (χ3n) is 5.41. The van der Waals surface area contributed by atoms with Crippen molar-refractivity contribution in [2.24, 2.45) is 0 Å². The lowest BCUT2D eigenvalue weighted by atomic mass is 9.99. The maximum absolute atomic E-state index is 6.27. The van der Waals surface area contributed by atoms with Crippen LogP contribution in [0.15, 0.2) is 71.4 Å². The van der Waals surface area contributed by atoms with E-state index in [2.05, 4.69) is 44.5 Å². The third kappa shape index (κ3) is 3.93. The molecule has 0 radical (unpaired) electrons. The molecule has 1 aliphatic rings. The van der Waals surface area contributed by atoms with Crippen LogP contribution in [0.4, 0.5) is 5.82 Å². The van der Waals surface area contributed by atoms with E-state index in [1.165, 1.54) is 11.5 Å². The fourth-order valence-electron chi connectivity index (χ4n) is 3.90. The summed E-state index contributed by atoms with van der Waals surface area (Å²) in [6.07, 6.45) is 1.58. The minimum atomic E-state index is 0.611. The Hall–Kier alpha value is -2.83. The van der Waals surface area contributed by atoms with E-state index in [1.807, 2.05) is 48.2 Å². The maximum Gasteiger partial charge on any atom is 0.232 e. The number of hydrogen-bond acceptors (Lipinski definition) is 6. The highest BCUT2D eigenvalue weighted by atomic mass is 32.2. The molecule has 4 aromatic rings. The van der Waals surface area contributed by atoms with Crippen LogP contribution < -0.4 is 5.32 Å². The lowest BCUT2D eigenvalue weighted by Crippen LogP contribution is -2.36. The Morgan fingerprint density at radius 1 is 0.900 bits per heavy atom. The van der Waals surface area contributed by atoms with Gasteiger partial charge in [-0.05, 0) is 5.56 Å². The standard InChI is InChI=1S/C24H24N4OS/c1-3-7-18(8-4-1)20-21-23(25-11-12-28-13-15-30-16-14-28)26-17-27-24(21)29-22(20)19-9-5-2-6-10-19/h1-10,17H,11-16H2,(H,25,26,27). The number of hydrogen-bond donors (Lipinski definition) is 1. The molecule has 5 nitrogen and oxygen atoms in total. The number of nitrogens with zero attached hydrogens (tertiary/aromatic N) is 3. The van der Waals surface area contributed by atoms with Gasteiger partial charge in [0.2, 0.25) is 5.71 Å². The van der Waals surface area contributed by atoms with Crippen molar-refractivity contribution in [3.05, 3.63) is 67.0 Å². The van der Waals surface area contributed by atoms with Gasteiger partial charge in [-0.25, -0.2) is 9.97 Å². The van der Waals surface area contributed by atoms with Gasteiger partial charge in [0, 0.05) is 48.8 Å². The molecule has 0 unspecified atom stereocenters. The van der Waals surface area contributed by atoms with Gasteiger partial charge in [0.05, 0.1) is 5.39 Å². The topological polar surface area (TPSA) is 54.2 Å². The highest BCUT2D eigenvalue weighted by Gasteiger charge is 2.22. The lowest BCUT2D eigenvalue weighted by Gasteiger charge is -2.26. The molecule has 0 amide bonds. The van der Waals surface area contributed by atoms with Crippen LogP contribution in [0.5, 0.6) is 0 Å². The molecule has 5 rings (SSSR count). The van der Waals surface area contributed by atoms with E-state index >= 15 is 0 Å². The van der Waals surface area contributed by atoms with Crippen LogP contribution >= 0.6 is 11.8 Å². The number of anilines is 1. The zero-order valence-corrected chi connectivity index (χ0v) is 17.6. The highest BCUT2D eigenvalue weighted by Crippen LogP contribution is 2.42. The smallest absolute Gasteiger partial charge is 0.232 e. The molecule has 152 valence electrons. The average Bonchev–Trinajstić information content (AvgIpc) is 3.21. The van der Waals surface area contributed by atoms with Crippen LogP contribution in [-0.4, -0.2) is 52.6 Å². The van der Waals surface area contributed by atoms with Crippen molar-refractivity contribution in [2.45, 2.75) is 0 Å². The zero-order chi connectivity index (χ0) is 20.2. The molecule has 1 aliphatic heterocycles. The number of furan rings is 1. The molecule has 0 bridgehead atoms. The largest absolute Gasteiger partial charge is 0.437 e. The Morgan fingerprint density at radius 2 is 1.60 bits per heavy atom. The predicted molar refractivity (Wildman–Crippen MR) is 125 cm³/mol. The van der Waals surface area contributed by atoms with Gasteiger partial charge in [0.25, 0.3) is 0 Å². The Morgan fingerprint density at radius 3 is 2.33 bits per heavy atom. The number of benzene rings is 2. The fourth-order valence-corrected chi connectivity index (χ4v) is 4.88. The molecule has 0 spiro atoms. The minimum Gasteiger partial charge on any atom is -0.437 e. The van der Waals surface area contributed by atoms with Crippen LogP contribution in [0, 0.1) is 0 Å². The second-order valence-corrected chi connectivity index (χ2v) is 8.55. The molecule has 2 aromatic heterocycles. The van der Waals surface area contributed by atoms with Gasteiger partial charge in [-0.1, -0.05) is 60.7 Å². The van der Waals surface area contributed by atoms with Crippen molar-refractivity contribution in [1.82, 2.24) is 14.9 Å². The van der Waals surface area contributed by atoms with Crippen LogP contribution in [0.1, 0.15) is 0 Å². The van der Waals surface area contributed by atoms with Gasteiger partial charge in [0.1, 0.15) is 17.9 Å². The van der Waals surface area contributed by atoms with Crippen molar-refractivity contribution >= 4 is 28.7 Å².